The van der Waals surface area contributed by atoms with Gasteiger partial charge >= 0.3 is 5.97 Å². The first kappa shape index (κ1) is 19.3. The van der Waals surface area contributed by atoms with Crippen molar-refractivity contribution in [3.8, 4) is 0 Å². The minimum atomic E-state index is -0.381. The summed E-state index contributed by atoms with van der Waals surface area (Å²) in [5.41, 5.74) is -0.381. The Morgan fingerprint density at radius 3 is 2.29 bits per heavy atom. The minimum Gasteiger partial charge on any atom is -0.466 e. The highest BCUT2D eigenvalue weighted by atomic mass is 32.2. The number of nitrogens with one attached hydrogen (secondary N) is 1. The van der Waals surface area contributed by atoms with Crippen molar-refractivity contribution in [3.63, 3.8) is 0 Å². The number of ether oxygens (including phenoxy) is 1. The molecule has 0 unspecified atom stereocenters. The summed E-state index contributed by atoms with van der Waals surface area (Å²) in [6, 6.07) is 0.142. The van der Waals surface area contributed by atoms with Gasteiger partial charge in [0.05, 0.1) is 17.9 Å². The Hall–Kier alpha value is -1.04. The van der Waals surface area contributed by atoms with Crippen LogP contribution in [0.2, 0.25) is 0 Å². The number of carbonyl (C=O) groups excluding carboxylic acids is 3. The molecular weight excluding hydrogens is 326 g/mol. The zero-order valence-corrected chi connectivity index (χ0v) is 15.6. The van der Waals surface area contributed by atoms with E-state index in [9.17, 15) is 14.4 Å². The van der Waals surface area contributed by atoms with Gasteiger partial charge in [0.2, 0.25) is 5.91 Å². The first-order valence-electron chi connectivity index (χ1n) is 9.08. The molecule has 0 bridgehead atoms. The molecule has 0 aromatic rings. The van der Waals surface area contributed by atoms with Crippen LogP contribution in [0.3, 0.4) is 0 Å². The van der Waals surface area contributed by atoms with Gasteiger partial charge in [0.15, 0.2) is 5.12 Å². The maximum atomic E-state index is 12.8. The predicted molar refractivity (Wildman–Crippen MR) is 94.6 cm³/mol. The molecule has 0 atom stereocenters. The Morgan fingerprint density at radius 2 is 1.75 bits per heavy atom. The second-order valence-electron chi connectivity index (χ2n) is 7.04. The van der Waals surface area contributed by atoms with Crippen molar-refractivity contribution >= 4 is 28.8 Å². The Labute approximate surface area is 148 Å². The number of hydrogen-bond acceptors (Lipinski definition) is 5. The highest BCUT2D eigenvalue weighted by molar-refractivity contribution is 8.13. The van der Waals surface area contributed by atoms with E-state index >= 15 is 0 Å². The second-order valence-corrected chi connectivity index (χ2v) is 8.19. The smallest absolute Gasteiger partial charge is 0.308 e. The lowest BCUT2D eigenvalue weighted by atomic mass is 9.83. The third-order valence-corrected chi connectivity index (χ3v) is 6.38. The van der Waals surface area contributed by atoms with Gasteiger partial charge in [-0.1, -0.05) is 24.6 Å². The molecule has 0 aromatic carbocycles. The van der Waals surface area contributed by atoms with Crippen molar-refractivity contribution < 1.29 is 19.1 Å². The van der Waals surface area contributed by atoms with E-state index in [1.807, 2.05) is 6.92 Å². The van der Waals surface area contributed by atoms with E-state index < -0.39 is 0 Å². The summed E-state index contributed by atoms with van der Waals surface area (Å²) in [6.45, 7) is 3.80. The SMILES string of the molecule is CCOC(=O)C1CCC(NC(=O)C2(CSC(C)=O)CCCC2)CC1. The summed E-state index contributed by atoms with van der Waals surface area (Å²) in [5.74, 6) is 0.569. The predicted octanol–water partition coefficient (Wildman–Crippen LogP) is 3.06. The fourth-order valence-corrected chi connectivity index (χ4v) is 4.70. The van der Waals surface area contributed by atoms with Crippen LogP contribution < -0.4 is 5.32 Å². The Kier molecular flexibility index (Phi) is 7.14. The van der Waals surface area contributed by atoms with Crippen LogP contribution in [0, 0.1) is 11.3 Å². The minimum absolute atomic E-state index is 0.0215. The summed E-state index contributed by atoms with van der Waals surface area (Å²) in [4.78, 5) is 35.9. The van der Waals surface area contributed by atoms with Crippen LogP contribution in [0.15, 0.2) is 0 Å². The van der Waals surface area contributed by atoms with Gasteiger partial charge < -0.3 is 10.1 Å². The third-order valence-electron chi connectivity index (χ3n) is 5.28. The van der Waals surface area contributed by atoms with Gasteiger partial charge in [-0.2, -0.15) is 0 Å². The summed E-state index contributed by atoms with van der Waals surface area (Å²) < 4.78 is 5.09. The molecular formula is C18H29NO4S. The Morgan fingerprint density at radius 1 is 1.12 bits per heavy atom. The van der Waals surface area contributed by atoms with Gasteiger partial charge in [0, 0.05) is 18.7 Å². The molecule has 2 rings (SSSR count). The number of amides is 1. The van der Waals surface area contributed by atoms with Crippen molar-refractivity contribution in [3.05, 3.63) is 0 Å². The maximum absolute atomic E-state index is 12.8. The molecule has 1 N–H and O–H groups in total. The zero-order chi connectivity index (χ0) is 17.6. The summed E-state index contributed by atoms with van der Waals surface area (Å²) in [7, 11) is 0. The van der Waals surface area contributed by atoms with Gasteiger partial charge in [-0.3, -0.25) is 14.4 Å². The molecule has 136 valence electrons. The molecule has 2 fully saturated rings. The number of hydrogen-bond donors (Lipinski definition) is 1. The van der Waals surface area contributed by atoms with E-state index in [0.29, 0.717) is 12.4 Å². The number of esters is 1. The van der Waals surface area contributed by atoms with E-state index in [4.69, 9.17) is 4.74 Å². The van der Waals surface area contributed by atoms with E-state index in [1.54, 1.807) is 6.92 Å². The van der Waals surface area contributed by atoms with E-state index in [0.717, 1.165) is 51.4 Å². The molecule has 6 heteroatoms. The number of thioether (sulfide) groups is 1. The molecule has 2 aliphatic rings. The monoisotopic (exact) mass is 355 g/mol. The maximum Gasteiger partial charge on any atom is 0.308 e. The average Bonchev–Trinajstić information content (AvgIpc) is 3.04. The normalized spacial score (nSPS) is 25.9. The van der Waals surface area contributed by atoms with Gasteiger partial charge in [0.25, 0.3) is 0 Å². The fraction of sp³-hybridized carbons (Fsp3) is 0.833. The molecule has 0 aromatic heterocycles. The van der Waals surface area contributed by atoms with E-state index in [2.05, 4.69) is 5.32 Å². The van der Waals surface area contributed by atoms with Crippen LogP contribution in [0.1, 0.15) is 65.2 Å². The first-order chi connectivity index (χ1) is 11.5. The molecule has 0 saturated heterocycles. The van der Waals surface area contributed by atoms with Crippen molar-refractivity contribution in [1.82, 2.24) is 5.32 Å². The standard InChI is InChI=1S/C18H29NO4S/c1-3-23-16(21)14-6-8-15(9-7-14)19-17(22)18(10-4-5-11-18)12-24-13(2)20/h14-15H,3-12H2,1-2H3,(H,19,22). The molecule has 0 aliphatic heterocycles. The number of carbonyl (C=O) groups is 3. The summed E-state index contributed by atoms with van der Waals surface area (Å²) in [6.07, 6.45) is 7.06. The lowest BCUT2D eigenvalue weighted by molar-refractivity contribution is -0.149. The van der Waals surface area contributed by atoms with Gasteiger partial charge in [-0.25, -0.2) is 0 Å². The van der Waals surface area contributed by atoms with Crippen LogP contribution in [0.4, 0.5) is 0 Å². The number of rotatable bonds is 6. The van der Waals surface area contributed by atoms with Crippen molar-refractivity contribution in [1.29, 1.82) is 0 Å². The third kappa shape index (κ3) is 4.98. The van der Waals surface area contributed by atoms with Gasteiger partial charge in [-0.05, 0) is 45.4 Å². The van der Waals surface area contributed by atoms with Crippen molar-refractivity contribution in [2.75, 3.05) is 12.4 Å². The molecule has 1 amide bonds. The molecule has 0 spiro atoms. The van der Waals surface area contributed by atoms with Crippen LogP contribution >= 0.6 is 11.8 Å². The second kappa shape index (κ2) is 8.88. The van der Waals surface area contributed by atoms with Crippen LogP contribution in [0.25, 0.3) is 0 Å². The van der Waals surface area contributed by atoms with E-state index in [1.165, 1.54) is 11.8 Å². The molecule has 2 aliphatic carbocycles. The van der Waals surface area contributed by atoms with Gasteiger partial charge in [-0.15, -0.1) is 0 Å². The van der Waals surface area contributed by atoms with Crippen molar-refractivity contribution in [2.24, 2.45) is 11.3 Å². The summed E-state index contributed by atoms with van der Waals surface area (Å²) in [5, 5.41) is 3.27. The largest absolute Gasteiger partial charge is 0.466 e. The quantitative estimate of drug-likeness (QED) is 0.741. The fourth-order valence-electron chi connectivity index (χ4n) is 3.80. The topological polar surface area (TPSA) is 72.5 Å². The lowest BCUT2D eigenvalue weighted by Gasteiger charge is -2.33. The van der Waals surface area contributed by atoms with Crippen LogP contribution in [-0.2, 0) is 19.1 Å². The molecule has 0 radical (unpaired) electrons. The van der Waals surface area contributed by atoms with Crippen LogP contribution in [0.5, 0.6) is 0 Å². The lowest BCUT2D eigenvalue weighted by Crippen LogP contribution is -2.47. The highest BCUT2D eigenvalue weighted by Gasteiger charge is 2.42. The average molecular weight is 356 g/mol. The van der Waals surface area contributed by atoms with Gasteiger partial charge in [0.1, 0.15) is 0 Å². The van der Waals surface area contributed by atoms with Crippen LogP contribution in [-0.4, -0.2) is 35.4 Å². The highest BCUT2D eigenvalue weighted by Crippen LogP contribution is 2.41. The Balaban J connectivity index is 1.85. The van der Waals surface area contributed by atoms with Crippen molar-refractivity contribution in [2.45, 2.75) is 71.3 Å². The van der Waals surface area contributed by atoms with E-state index in [-0.39, 0.29) is 34.4 Å². The first-order valence-corrected chi connectivity index (χ1v) is 10.1. The molecule has 5 nitrogen and oxygen atoms in total. The molecule has 2 saturated carbocycles. The molecule has 24 heavy (non-hydrogen) atoms. The molecule has 0 heterocycles. The summed E-state index contributed by atoms with van der Waals surface area (Å²) >= 11 is 1.27. The Bertz CT molecular complexity index is 466. The zero-order valence-electron chi connectivity index (χ0n) is 14.8.